The van der Waals surface area contributed by atoms with Crippen LogP contribution in [0, 0.1) is 16.5 Å². The molecule has 0 amide bonds. The number of nitrogens with zero attached hydrogens (tertiary/aromatic N) is 3. The number of hydrogen-bond donors (Lipinski definition) is 2. The van der Waals surface area contributed by atoms with Crippen LogP contribution in [0.5, 0.6) is 0 Å². The van der Waals surface area contributed by atoms with Crippen LogP contribution in [-0.2, 0) is 25.2 Å². The molecule has 2 N–H and O–H groups in total. The van der Waals surface area contributed by atoms with E-state index in [9.17, 15) is 36.7 Å². The number of hydrogen-bond acceptors (Lipinski definition) is 5. The molecule has 2 atom stereocenters. The van der Waals surface area contributed by atoms with E-state index in [2.05, 4.69) is 15.3 Å². The fourth-order valence-corrected chi connectivity index (χ4v) is 3.84. The Balaban J connectivity index is 1.85. The molecule has 1 fully saturated rings. The fraction of sp³-hybridized carbons (Fsp3) is 0.550. The van der Waals surface area contributed by atoms with Crippen LogP contribution in [0.25, 0.3) is 0 Å². The van der Waals surface area contributed by atoms with Gasteiger partial charge in [-0.3, -0.25) is 0 Å². The Kier molecular flexibility index (Phi) is 6.29. The molecule has 0 unspecified atom stereocenters. The standard InChI is InChI=1S/C20H22F6N4O2/c1-18(2)12(10-31)7-15(18)28-17-14(20(24,25)26)8-27-16(29-17)4-3-11-9-30(32)6-5-13(11)19(21,22)23/h5-6,8-9,12,15,31H,3-4,7,10H2,1-2H3,(H,27,28,29)/t12-,15-/m0/s1. The zero-order valence-corrected chi connectivity index (χ0v) is 17.3. The Morgan fingerprint density at radius 2 is 1.81 bits per heavy atom. The van der Waals surface area contributed by atoms with E-state index in [0.29, 0.717) is 18.7 Å². The molecule has 3 rings (SSSR count). The Hall–Kier alpha value is -2.63. The van der Waals surface area contributed by atoms with Gasteiger partial charge in [-0.15, -0.1) is 0 Å². The van der Waals surface area contributed by atoms with Gasteiger partial charge in [-0.2, -0.15) is 31.1 Å². The summed E-state index contributed by atoms with van der Waals surface area (Å²) in [5.41, 5.74) is -2.87. The normalized spacial score (nSPS) is 20.7. The van der Waals surface area contributed by atoms with Crippen molar-refractivity contribution in [3.63, 3.8) is 0 Å². The Bertz CT molecular complexity index is 978. The highest BCUT2D eigenvalue weighted by molar-refractivity contribution is 5.47. The molecule has 0 aromatic carbocycles. The third-order valence-electron chi connectivity index (χ3n) is 6.09. The van der Waals surface area contributed by atoms with Crippen molar-refractivity contribution in [2.45, 2.75) is 51.5 Å². The molecule has 0 aliphatic heterocycles. The maximum atomic E-state index is 13.4. The first-order valence-corrected chi connectivity index (χ1v) is 9.83. The molecule has 0 spiro atoms. The molecule has 0 bridgehead atoms. The quantitative estimate of drug-likeness (QED) is 0.387. The second-order valence-corrected chi connectivity index (χ2v) is 8.42. The highest BCUT2D eigenvalue weighted by Crippen LogP contribution is 2.48. The number of aryl methyl sites for hydroxylation is 2. The van der Waals surface area contributed by atoms with Gasteiger partial charge in [0.15, 0.2) is 12.4 Å². The second kappa shape index (κ2) is 8.38. The second-order valence-electron chi connectivity index (χ2n) is 8.42. The van der Waals surface area contributed by atoms with Crippen molar-refractivity contribution < 1.29 is 36.2 Å². The minimum Gasteiger partial charge on any atom is -0.619 e. The summed E-state index contributed by atoms with van der Waals surface area (Å²) in [7, 11) is 0. The Morgan fingerprint density at radius 3 is 2.38 bits per heavy atom. The van der Waals surface area contributed by atoms with E-state index in [-0.39, 0.29) is 47.5 Å². The maximum Gasteiger partial charge on any atom is 0.421 e. The van der Waals surface area contributed by atoms with Gasteiger partial charge in [0, 0.05) is 36.9 Å². The Labute approximate surface area is 179 Å². The predicted octanol–water partition coefficient (Wildman–Crippen LogP) is 3.75. The summed E-state index contributed by atoms with van der Waals surface area (Å²) in [6, 6.07) is 0.271. The smallest absolute Gasteiger partial charge is 0.421 e. The average molecular weight is 464 g/mol. The lowest BCUT2D eigenvalue weighted by Gasteiger charge is -2.52. The number of halogens is 6. The van der Waals surface area contributed by atoms with Crippen LogP contribution >= 0.6 is 0 Å². The van der Waals surface area contributed by atoms with Crippen molar-refractivity contribution in [2.75, 3.05) is 11.9 Å². The molecule has 176 valence electrons. The van der Waals surface area contributed by atoms with Gasteiger partial charge in [-0.05, 0) is 24.2 Å². The summed E-state index contributed by atoms with van der Waals surface area (Å²) < 4.78 is 80.1. The van der Waals surface area contributed by atoms with Crippen molar-refractivity contribution in [2.24, 2.45) is 11.3 Å². The number of pyridine rings is 1. The third kappa shape index (κ3) is 4.89. The van der Waals surface area contributed by atoms with Crippen LogP contribution in [-0.4, -0.2) is 27.7 Å². The number of rotatable bonds is 6. The van der Waals surface area contributed by atoms with E-state index >= 15 is 0 Å². The van der Waals surface area contributed by atoms with Crippen LogP contribution in [0.2, 0.25) is 0 Å². The molecule has 0 saturated heterocycles. The molecule has 1 aliphatic rings. The zero-order valence-electron chi connectivity index (χ0n) is 17.3. The van der Waals surface area contributed by atoms with Crippen LogP contribution in [0.15, 0.2) is 24.7 Å². The molecule has 0 radical (unpaired) electrons. The lowest BCUT2D eigenvalue weighted by atomic mass is 9.59. The number of aliphatic hydroxyl groups is 1. The van der Waals surface area contributed by atoms with Crippen LogP contribution in [0.3, 0.4) is 0 Å². The first kappa shape index (κ1) is 24.0. The van der Waals surface area contributed by atoms with Gasteiger partial charge >= 0.3 is 12.4 Å². The summed E-state index contributed by atoms with van der Waals surface area (Å²) in [6.07, 6.45) is -7.36. The lowest BCUT2D eigenvalue weighted by Crippen LogP contribution is -2.55. The molecular formula is C20H22F6N4O2. The number of aliphatic hydroxyl groups excluding tert-OH is 1. The van der Waals surface area contributed by atoms with Crippen molar-refractivity contribution in [3.05, 3.63) is 52.4 Å². The summed E-state index contributed by atoms with van der Waals surface area (Å²) >= 11 is 0. The number of nitrogens with one attached hydrogen (secondary N) is 1. The first-order chi connectivity index (χ1) is 14.7. The van der Waals surface area contributed by atoms with E-state index < -0.39 is 34.7 Å². The summed E-state index contributed by atoms with van der Waals surface area (Å²) in [4.78, 5) is 7.61. The largest absolute Gasteiger partial charge is 0.619 e. The van der Waals surface area contributed by atoms with Crippen molar-refractivity contribution in [3.8, 4) is 0 Å². The number of alkyl halides is 6. The fourth-order valence-electron chi connectivity index (χ4n) is 3.84. The minimum atomic E-state index is -4.73. The van der Waals surface area contributed by atoms with Crippen molar-refractivity contribution >= 4 is 5.82 Å². The van der Waals surface area contributed by atoms with Crippen LogP contribution in [0.4, 0.5) is 32.2 Å². The van der Waals surface area contributed by atoms with Gasteiger partial charge in [0.1, 0.15) is 17.2 Å². The van der Waals surface area contributed by atoms with E-state index in [4.69, 9.17) is 0 Å². The molecule has 32 heavy (non-hydrogen) atoms. The van der Waals surface area contributed by atoms with Crippen LogP contribution in [0.1, 0.15) is 42.8 Å². The summed E-state index contributed by atoms with van der Waals surface area (Å²) in [5.74, 6) is -0.626. The van der Waals surface area contributed by atoms with Gasteiger partial charge < -0.3 is 15.6 Å². The van der Waals surface area contributed by atoms with Crippen molar-refractivity contribution in [1.82, 2.24) is 9.97 Å². The summed E-state index contributed by atoms with van der Waals surface area (Å²) in [6.45, 7) is 3.54. The monoisotopic (exact) mass is 464 g/mol. The van der Waals surface area contributed by atoms with Gasteiger partial charge in [0.05, 0.1) is 5.56 Å². The number of anilines is 1. The molecule has 6 nitrogen and oxygen atoms in total. The summed E-state index contributed by atoms with van der Waals surface area (Å²) in [5, 5.41) is 23.6. The molecular weight excluding hydrogens is 442 g/mol. The van der Waals surface area contributed by atoms with Gasteiger partial charge in [0.25, 0.3) is 0 Å². The molecule has 1 saturated carbocycles. The first-order valence-electron chi connectivity index (χ1n) is 9.83. The highest BCUT2D eigenvalue weighted by atomic mass is 19.4. The molecule has 1 aliphatic carbocycles. The third-order valence-corrected chi connectivity index (χ3v) is 6.09. The molecule has 2 aromatic heterocycles. The minimum absolute atomic E-state index is 0.0756. The SMILES string of the molecule is CC1(C)[C@H](CO)C[C@@H]1Nc1nc(CCc2c[n+]([O-])ccc2C(F)(F)F)ncc1C(F)(F)F. The molecule has 2 aromatic rings. The zero-order chi connectivity index (χ0) is 23.9. The van der Waals surface area contributed by atoms with Gasteiger partial charge in [0.2, 0.25) is 0 Å². The molecule has 2 heterocycles. The lowest BCUT2D eigenvalue weighted by molar-refractivity contribution is -0.606. The Morgan fingerprint density at radius 1 is 1.16 bits per heavy atom. The molecule has 12 heteroatoms. The van der Waals surface area contributed by atoms with E-state index in [0.717, 1.165) is 12.4 Å². The van der Waals surface area contributed by atoms with Crippen molar-refractivity contribution in [1.29, 1.82) is 0 Å². The van der Waals surface area contributed by atoms with E-state index in [1.54, 1.807) is 0 Å². The number of aromatic nitrogens is 3. The predicted molar refractivity (Wildman–Crippen MR) is 101 cm³/mol. The topological polar surface area (TPSA) is 85.0 Å². The van der Waals surface area contributed by atoms with Gasteiger partial charge in [-0.1, -0.05) is 13.8 Å². The maximum absolute atomic E-state index is 13.4. The van der Waals surface area contributed by atoms with E-state index in [1.165, 1.54) is 0 Å². The van der Waals surface area contributed by atoms with Gasteiger partial charge in [-0.25, -0.2) is 9.97 Å². The highest BCUT2D eigenvalue weighted by Gasteiger charge is 2.48. The van der Waals surface area contributed by atoms with E-state index in [1.807, 2.05) is 13.8 Å². The van der Waals surface area contributed by atoms with Crippen LogP contribution < -0.4 is 10.0 Å². The average Bonchev–Trinajstić information content (AvgIpc) is 2.67.